The van der Waals surface area contributed by atoms with Gasteiger partial charge in [-0.2, -0.15) is 0 Å². The van der Waals surface area contributed by atoms with Crippen LogP contribution < -0.4 is 0 Å². The van der Waals surface area contributed by atoms with Crippen LogP contribution in [0.2, 0.25) is 0 Å². The zero-order valence-corrected chi connectivity index (χ0v) is 31.7. The summed E-state index contributed by atoms with van der Waals surface area (Å²) in [5.41, 5.74) is 6.22. The minimum absolute atomic E-state index is 0. The van der Waals surface area contributed by atoms with Gasteiger partial charge in [0.15, 0.2) is 0 Å². The second kappa shape index (κ2) is 20.4. The van der Waals surface area contributed by atoms with Gasteiger partial charge in [-0.25, -0.2) is 9.59 Å². The van der Waals surface area contributed by atoms with Crippen molar-refractivity contribution in [3.63, 3.8) is 0 Å². The van der Waals surface area contributed by atoms with Gasteiger partial charge in [0, 0.05) is 40.3 Å². The van der Waals surface area contributed by atoms with Crippen LogP contribution >= 0.6 is 0 Å². The Morgan fingerprint density at radius 2 is 1.19 bits per heavy atom. The summed E-state index contributed by atoms with van der Waals surface area (Å²) in [4.78, 5) is 27.9. The molecule has 1 aliphatic rings. The summed E-state index contributed by atoms with van der Waals surface area (Å²) in [7, 11) is 0. The van der Waals surface area contributed by atoms with Gasteiger partial charge in [-0.15, -0.1) is 0 Å². The summed E-state index contributed by atoms with van der Waals surface area (Å²) in [6.45, 7) is 19.8. The van der Waals surface area contributed by atoms with E-state index in [1.807, 2.05) is 12.4 Å². The molecule has 2 aromatic rings. The number of rotatable bonds is 14. The number of hydrogen-bond donors (Lipinski definition) is 4. The maximum Gasteiger partial charge on any atom is 0.414 e. The summed E-state index contributed by atoms with van der Waals surface area (Å²) in [5.74, 6) is -2.10. The van der Waals surface area contributed by atoms with Gasteiger partial charge in [-0.05, 0) is 76.8 Å². The molecule has 48 heavy (non-hydrogen) atoms. The standard InChI is InChI=1S/C36H54N2O2.C2H2O4.CH3.Co/c1-10-12-14-36(9,15-13-11-2)29-17-28(35(40)31(19-29)25(7)8)22-38-33-20-32(33)37-21-27-16-26(23(3)4)18-30(24(5)6)34(27)39;3-1(4)2(5)6;;/h16-19,21-25,32-33,39-40H,10-15,20H2,1-9H3;(H,3,4)(H,5,6);1H3;/q;;-1;. The SMILES string of the molecule is CCCCC(C)(CCCC)c1cc(C=NC2CC2N=Cc2cc(C(C)C)cc(C(C)C)c2O)c(O)c(C(C)C)c1.O=C(O)C(=O)O.[CH3-].[Co]. The first-order valence-electron chi connectivity index (χ1n) is 16.8. The van der Waals surface area contributed by atoms with E-state index < -0.39 is 11.9 Å². The van der Waals surface area contributed by atoms with Crippen molar-refractivity contribution in [1.82, 2.24) is 0 Å². The normalized spacial score (nSPS) is 15.8. The first-order valence-corrected chi connectivity index (χ1v) is 16.8. The number of aliphatic imine (C=N–C) groups is 2. The molecule has 4 N–H and O–H groups in total. The molecule has 0 aliphatic heterocycles. The molecule has 1 fully saturated rings. The van der Waals surface area contributed by atoms with Gasteiger partial charge in [-0.1, -0.05) is 100 Å². The van der Waals surface area contributed by atoms with E-state index in [-0.39, 0.29) is 53.5 Å². The van der Waals surface area contributed by atoms with Gasteiger partial charge in [0.2, 0.25) is 0 Å². The Hall–Kier alpha value is -3.17. The third kappa shape index (κ3) is 12.7. The average molecular weight is 711 g/mol. The Bertz CT molecular complexity index is 1380. The summed E-state index contributed by atoms with van der Waals surface area (Å²) in [6.07, 6.45) is 11.7. The fourth-order valence-corrected chi connectivity index (χ4v) is 5.53. The average Bonchev–Trinajstić information content (AvgIpc) is 3.75. The zero-order chi connectivity index (χ0) is 34.8. The molecule has 8 nitrogen and oxygen atoms in total. The maximum atomic E-state index is 11.2. The van der Waals surface area contributed by atoms with Crippen LogP contribution in [0.5, 0.6) is 11.5 Å². The number of aromatic hydroxyl groups is 2. The summed E-state index contributed by atoms with van der Waals surface area (Å²) in [5, 5.41) is 36.8. The van der Waals surface area contributed by atoms with Gasteiger partial charge >= 0.3 is 11.9 Å². The fourth-order valence-electron chi connectivity index (χ4n) is 5.53. The van der Waals surface area contributed by atoms with Crippen LogP contribution in [0, 0.1) is 7.43 Å². The number of benzene rings is 2. The monoisotopic (exact) mass is 710 g/mol. The predicted molar refractivity (Wildman–Crippen MR) is 194 cm³/mol. The van der Waals surface area contributed by atoms with Crippen LogP contribution in [0.15, 0.2) is 34.3 Å². The van der Waals surface area contributed by atoms with E-state index in [0.29, 0.717) is 17.4 Å². The van der Waals surface area contributed by atoms with E-state index in [9.17, 15) is 10.2 Å². The van der Waals surface area contributed by atoms with Gasteiger partial charge in [0.05, 0.1) is 12.1 Å². The summed E-state index contributed by atoms with van der Waals surface area (Å²) < 4.78 is 0. The van der Waals surface area contributed by atoms with Crippen molar-refractivity contribution in [3.05, 3.63) is 65.1 Å². The van der Waals surface area contributed by atoms with Crippen molar-refractivity contribution in [2.75, 3.05) is 0 Å². The van der Waals surface area contributed by atoms with Crippen molar-refractivity contribution < 1.29 is 46.8 Å². The van der Waals surface area contributed by atoms with Crippen LogP contribution in [-0.2, 0) is 31.8 Å². The molecule has 0 spiro atoms. The first-order chi connectivity index (χ1) is 21.6. The number of carboxylic acid groups (broad SMARTS) is 2. The molecule has 0 bridgehead atoms. The molecule has 2 aromatic carbocycles. The Balaban J connectivity index is 0.00000252. The predicted octanol–water partition coefficient (Wildman–Crippen LogP) is 9.39. The van der Waals surface area contributed by atoms with Gasteiger partial charge in [0.1, 0.15) is 11.5 Å². The van der Waals surface area contributed by atoms with Crippen molar-refractivity contribution in [2.24, 2.45) is 9.98 Å². The molecule has 2 unspecified atom stereocenters. The van der Waals surface area contributed by atoms with E-state index in [4.69, 9.17) is 29.8 Å². The number of carbonyl (C=O) groups is 2. The molecular formula is C39H59CoN2O6-. The smallest absolute Gasteiger partial charge is 0.414 e. The Morgan fingerprint density at radius 3 is 1.56 bits per heavy atom. The number of unbranched alkanes of at least 4 members (excludes halogenated alkanes) is 2. The van der Waals surface area contributed by atoms with E-state index in [1.54, 1.807) is 0 Å². The number of aliphatic carboxylic acids is 2. The van der Waals surface area contributed by atoms with E-state index in [1.165, 1.54) is 36.8 Å². The number of carboxylic acids is 2. The second-order valence-electron chi connectivity index (χ2n) is 13.8. The molecule has 2 atom stereocenters. The third-order valence-electron chi connectivity index (χ3n) is 8.85. The Labute approximate surface area is 299 Å². The maximum absolute atomic E-state index is 11.2. The topological polar surface area (TPSA) is 140 Å². The Kier molecular flexibility index (Phi) is 19.0. The fraction of sp³-hybridized carbons (Fsp3) is 0.564. The minimum Gasteiger partial charge on any atom is -0.507 e. The molecular weight excluding hydrogens is 651 g/mol. The van der Waals surface area contributed by atoms with Crippen LogP contribution in [0.25, 0.3) is 0 Å². The second-order valence-corrected chi connectivity index (χ2v) is 13.8. The van der Waals surface area contributed by atoms with Crippen molar-refractivity contribution in [2.45, 2.75) is 143 Å². The van der Waals surface area contributed by atoms with Crippen LogP contribution in [-0.4, -0.2) is 56.9 Å². The molecule has 3 rings (SSSR count). The van der Waals surface area contributed by atoms with Crippen molar-refractivity contribution >= 4 is 24.4 Å². The van der Waals surface area contributed by atoms with E-state index >= 15 is 0 Å². The van der Waals surface area contributed by atoms with Crippen LogP contribution in [0.3, 0.4) is 0 Å². The van der Waals surface area contributed by atoms with Gasteiger partial charge < -0.3 is 27.9 Å². The minimum atomic E-state index is -1.82. The summed E-state index contributed by atoms with van der Waals surface area (Å²) >= 11 is 0. The molecule has 1 saturated carbocycles. The van der Waals surface area contributed by atoms with Crippen LogP contribution in [0.1, 0.15) is 158 Å². The van der Waals surface area contributed by atoms with Crippen molar-refractivity contribution in [1.29, 1.82) is 0 Å². The van der Waals surface area contributed by atoms with Crippen molar-refractivity contribution in [3.8, 4) is 11.5 Å². The first kappa shape index (κ1) is 44.8. The molecule has 1 aliphatic carbocycles. The molecule has 9 heteroatoms. The van der Waals surface area contributed by atoms with Gasteiger partial charge in [0.25, 0.3) is 0 Å². The number of phenols is 2. The zero-order valence-electron chi connectivity index (χ0n) is 30.6. The largest absolute Gasteiger partial charge is 0.507 e. The third-order valence-corrected chi connectivity index (χ3v) is 8.85. The molecule has 0 saturated heterocycles. The number of nitrogens with zero attached hydrogens (tertiary/aromatic N) is 2. The number of phenolic OH excluding ortho intramolecular Hbond substituents is 2. The van der Waals surface area contributed by atoms with Crippen LogP contribution in [0.4, 0.5) is 0 Å². The quantitative estimate of drug-likeness (QED) is 0.0875. The summed E-state index contributed by atoms with van der Waals surface area (Å²) in [6, 6.07) is 8.81. The van der Waals surface area contributed by atoms with Gasteiger partial charge in [-0.3, -0.25) is 9.98 Å². The molecule has 0 amide bonds. The molecule has 271 valence electrons. The molecule has 1 radical (unpaired) electrons. The molecule has 0 heterocycles. The van der Waals surface area contributed by atoms with E-state index in [0.717, 1.165) is 41.5 Å². The Morgan fingerprint density at radius 1 is 0.771 bits per heavy atom. The number of hydrogen-bond acceptors (Lipinski definition) is 6. The van der Waals surface area contributed by atoms with E-state index in [2.05, 4.69) is 86.6 Å². The molecule has 0 aromatic heterocycles.